The van der Waals surface area contributed by atoms with Crippen molar-refractivity contribution in [3.05, 3.63) is 0 Å². The van der Waals surface area contributed by atoms with Gasteiger partial charge in [-0.25, -0.2) is 0 Å². The highest BCUT2D eigenvalue weighted by Gasteiger charge is 2.27. The smallest absolute Gasteiger partial charge is 0.371 e. The summed E-state index contributed by atoms with van der Waals surface area (Å²) < 4.78 is 39.6. The highest BCUT2D eigenvalue weighted by molar-refractivity contribution is 4.74. The van der Waals surface area contributed by atoms with E-state index in [1.54, 1.807) is 0 Å². The first kappa shape index (κ1) is 15.7. The lowest BCUT2D eigenvalue weighted by atomic mass is 9.81. The van der Waals surface area contributed by atoms with Gasteiger partial charge in [-0.1, -0.05) is 27.7 Å². The average Bonchev–Trinajstić information content (AvgIpc) is 2.09. The number of rotatable bonds is 7. The highest BCUT2D eigenvalue weighted by Crippen LogP contribution is 2.24. The van der Waals surface area contributed by atoms with Crippen molar-refractivity contribution in [3.63, 3.8) is 0 Å². The third kappa shape index (κ3) is 7.93. The van der Waals surface area contributed by atoms with E-state index in [1.165, 1.54) is 0 Å². The Morgan fingerprint density at radius 2 is 1.75 bits per heavy atom. The van der Waals surface area contributed by atoms with Crippen molar-refractivity contribution in [2.75, 3.05) is 26.3 Å². The average molecular weight is 241 g/mol. The summed E-state index contributed by atoms with van der Waals surface area (Å²) in [4.78, 5) is 0. The van der Waals surface area contributed by atoms with E-state index >= 15 is 0 Å². The van der Waals surface area contributed by atoms with Crippen LogP contribution in [0.15, 0.2) is 0 Å². The van der Waals surface area contributed by atoms with E-state index in [9.17, 15) is 13.2 Å². The third-order valence-corrected chi connectivity index (χ3v) is 2.83. The Hall–Kier alpha value is -0.290. The molecule has 0 aromatic heterocycles. The van der Waals surface area contributed by atoms with Gasteiger partial charge >= 0.3 is 6.18 Å². The van der Waals surface area contributed by atoms with E-state index in [2.05, 4.69) is 37.7 Å². The summed E-state index contributed by atoms with van der Waals surface area (Å²) in [6, 6.07) is 0. The van der Waals surface area contributed by atoms with Crippen LogP contribution in [0.4, 0.5) is 13.2 Å². The molecule has 0 saturated carbocycles. The van der Waals surface area contributed by atoms with Crippen molar-refractivity contribution in [1.29, 1.82) is 0 Å². The fraction of sp³-hybridized carbons (Fsp3) is 1.00. The monoisotopic (exact) mass is 241 g/mol. The SMILES string of the molecule is CC(C)C(C)(C)CNCCOCC(F)(F)F. The third-order valence-electron chi connectivity index (χ3n) is 2.83. The lowest BCUT2D eigenvalue weighted by Gasteiger charge is -2.29. The van der Waals surface area contributed by atoms with E-state index < -0.39 is 12.8 Å². The Balaban J connectivity index is 3.48. The number of halogens is 3. The molecule has 0 aromatic rings. The molecule has 98 valence electrons. The summed E-state index contributed by atoms with van der Waals surface area (Å²) in [5, 5.41) is 3.10. The second kappa shape index (κ2) is 6.45. The van der Waals surface area contributed by atoms with E-state index in [0.717, 1.165) is 6.54 Å². The first-order valence-electron chi connectivity index (χ1n) is 5.50. The van der Waals surface area contributed by atoms with Gasteiger partial charge in [-0.05, 0) is 11.3 Å². The molecule has 2 nitrogen and oxygen atoms in total. The summed E-state index contributed by atoms with van der Waals surface area (Å²) in [6.07, 6.45) is -4.22. The zero-order valence-corrected chi connectivity index (χ0v) is 10.4. The fourth-order valence-corrected chi connectivity index (χ4v) is 0.947. The van der Waals surface area contributed by atoms with Gasteiger partial charge in [-0.15, -0.1) is 0 Å². The molecule has 0 fully saturated rings. The van der Waals surface area contributed by atoms with Crippen molar-refractivity contribution >= 4 is 0 Å². The van der Waals surface area contributed by atoms with Crippen molar-refractivity contribution in [1.82, 2.24) is 5.32 Å². The van der Waals surface area contributed by atoms with Crippen LogP contribution in [0.1, 0.15) is 27.7 Å². The van der Waals surface area contributed by atoms with Crippen LogP contribution in [-0.2, 0) is 4.74 Å². The molecule has 0 aromatic carbocycles. The van der Waals surface area contributed by atoms with Gasteiger partial charge in [0.2, 0.25) is 0 Å². The Kier molecular flexibility index (Phi) is 6.33. The van der Waals surface area contributed by atoms with Crippen molar-refractivity contribution in [3.8, 4) is 0 Å². The molecule has 1 N–H and O–H groups in total. The molecule has 0 rings (SSSR count). The van der Waals surface area contributed by atoms with Gasteiger partial charge in [-0.2, -0.15) is 13.2 Å². The number of ether oxygens (including phenoxy) is 1. The second-order valence-electron chi connectivity index (χ2n) is 4.99. The van der Waals surface area contributed by atoms with Crippen LogP contribution in [0, 0.1) is 11.3 Å². The molecule has 0 unspecified atom stereocenters. The number of alkyl halides is 3. The molecule has 0 amide bonds. The lowest BCUT2D eigenvalue weighted by molar-refractivity contribution is -0.173. The van der Waals surface area contributed by atoms with E-state index in [-0.39, 0.29) is 12.0 Å². The maximum Gasteiger partial charge on any atom is 0.411 e. The zero-order chi connectivity index (χ0) is 12.8. The quantitative estimate of drug-likeness (QED) is 0.692. The molecule has 16 heavy (non-hydrogen) atoms. The largest absolute Gasteiger partial charge is 0.411 e. The molecule has 5 heteroatoms. The highest BCUT2D eigenvalue weighted by atomic mass is 19.4. The molecule has 0 radical (unpaired) electrons. The van der Waals surface area contributed by atoms with Crippen LogP contribution >= 0.6 is 0 Å². The first-order valence-corrected chi connectivity index (χ1v) is 5.50. The maximum absolute atomic E-state index is 11.7. The molecular formula is C11H22F3NO. The molecule has 0 aliphatic rings. The van der Waals surface area contributed by atoms with Gasteiger partial charge < -0.3 is 10.1 Å². The molecular weight excluding hydrogens is 219 g/mol. The predicted octanol–water partition coefficient (Wildman–Crippen LogP) is 2.84. The molecule has 0 saturated heterocycles. The van der Waals surface area contributed by atoms with Crippen LogP contribution in [0.2, 0.25) is 0 Å². The molecule has 0 aliphatic carbocycles. The van der Waals surface area contributed by atoms with E-state index in [4.69, 9.17) is 0 Å². The van der Waals surface area contributed by atoms with Crippen LogP contribution in [0.25, 0.3) is 0 Å². The van der Waals surface area contributed by atoms with E-state index in [0.29, 0.717) is 12.5 Å². The Morgan fingerprint density at radius 1 is 1.19 bits per heavy atom. The van der Waals surface area contributed by atoms with Crippen molar-refractivity contribution in [2.24, 2.45) is 11.3 Å². The van der Waals surface area contributed by atoms with Crippen LogP contribution < -0.4 is 5.32 Å². The maximum atomic E-state index is 11.7. The number of hydrogen-bond donors (Lipinski definition) is 1. The number of hydrogen-bond acceptors (Lipinski definition) is 2. The Morgan fingerprint density at radius 3 is 2.19 bits per heavy atom. The molecule has 0 spiro atoms. The van der Waals surface area contributed by atoms with Crippen LogP contribution in [-0.4, -0.2) is 32.5 Å². The van der Waals surface area contributed by atoms with Gasteiger partial charge in [0.15, 0.2) is 0 Å². The zero-order valence-electron chi connectivity index (χ0n) is 10.4. The predicted molar refractivity (Wildman–Crippen MR) is 58.4 cm³/mol. The fourth-order valence-electron chi connectivity index (χ4n) is 0.947. The standard InChI is InChI=1S/C11H22F3NO/c1-9(2)10(3,4)7-15-5-6-16-8-11(12,13)14/h9,15H,5-8H2,1-4H3. The van der Waals surface area contributed by atoms with Crippen LogP contribution in [0.5, 0.6) is 0 Å². The minimum absolute atomic E-state index is 0.0910. The molecule has 0 heterocycles. The van der Waals surface area contributed by atoms with Gasteiger partial charge in [0.1, 0.15) is 6.61 Å². The van der Waals surface area contributed by atoms with E-state index in [1.807, 2.05) is 0 Å². The van der Waals surface area contributed by atoms with Gasteiger partial charge in [0.25, 0.3) is 0 Å². The Bertz CT molecular complexity index is 190. The molecule has 0 atom stereocenters. The lowest BCUT2D eigenvalue weighted by Crippen LogP contribution is -2.35. The van der Waals surface area contributed by atoms with Gasteiger partial charge in [0.05, 0.1) is 6.61 Å². The van der Waals surface area contributed by atoms with Crippen molar-refractivity contribution in [2.45, 2.75) is 33.9 Å². The Labute approximate surface area is 95.5 Å². The minimum atomic E-state index is -4.22. The molecule has 0 aliphatic heterocycles. The summed E-state index contributed by atoms with van der Waals surface area (Å²) in [5.74, 6) is 0.524. The van der Waals surface area contributed by atoms with Crippen molar-refractivity contribution < 1.29 is 17.9 Å². The summed E-state index contributed by atoms with van der Waals surface area (Å²) in [7, 11) is 0. The minimum Gasteiger partial charge on any atom is -0.371 e. The van der Waals surface area contributed by atoms with Gasteiger partial charge in [0, 0.05) is 13.1 Å². The van der Waals surface area contributed by atoms with Gasteiger partial charge in [-0.3, -0.25) is 0 Å². The summed E-state index contributed by atoms with van der Waals surface area (Å²) in [6.45, 7) is 8.66. The molecule has 0 bridgehead atoms. The normalized spacial score (nSPS) is 13.5. The summed E-state index contributed by atoms with van der Waals surface area (Å²) in [5.41, 5.74) is 0.143. The number of nitrogens with one attached hydrogen (secondary N) is 1. The summed E-state index contributed by atoms with van der Waals surface area (Å²) >= 11 is 0. The topological polar surface area (TPSA) is 21.3 Å². The second-order valence-corrected chi connectivity index (χ2v) is 4.99. The first-order chi connectivity index (χ1) is 7.15. The van der Waals surface area contributed by atoms with Crippen LogP contribution in [0.3, 0.4) is 0 Å².